The second-order valence-corrected chi connectivity index (χ2v) is 5.08. The molecule has 102 valence electrons. The van der Waals surface area contributed by atoms with Crippen molar-refractivity contribution in [1.29, 1.82) is 0 Å². The van der Waals surface area contributed by atoms with Crippen molar-refractivity contribution in [3.8, 4) is 0 Å². The van der Waals surface area contributed by atoms with Crippen molar-refractivity contribution >= 4 is 11.5 Å². The van der Waals surface area contributed by atoms with Crippen LogP contribution in [0.3, 0.4) is 0 Å². The van der Waals surface area contributed by atoms with Gasteiger partial charge >= 0.3 is 0 Å². The Morgan fingerprint density at radius 1 is 1.25 bits per heavy atom. The van der Waals surface area contributed by atoms with E-state index >= 15 is 0 Å². The maximum atomic E-state index is 4.62. The summed E-state index contributed by atoms with van der Waals surface area (Å²) in [5, 5.41) is 17.0. The molecule has 20 heavy (non-hydrogen) atoms. The van der Waals surface area contributed by atoms with Crippen LogP contribution in [0.1, 0.15) is 18.3 Å². The van der Waals surface area contributed by atoms with E-state index in [9.17, 15) is 0 Å². The van der Waals surface area contributed by atoms with Gasteiger partial charge < -0.3 is 4.90 Å². The fourth-order valence-electron chi connectivity index (χ4n) is 2.72. The van der Waals surface area contributed by atoms with Gasteiger partial charge in [0.25, 0.3) is 0 Å². The minimum Gasteiger partial charge on any atom is -0.353 e. The van der Waals surface area contributed by atoms with E-state index in [-0.39, 0.29) is 0 Å². The van der Waals surface area contributed by atoms with Gasteiger partial charge in [-0.25, -0.2) is 0 Å². The zero-order valence-electron chi connectivity index (χ0n) is 11.2. The van der Waals surface area contributed by atoms with Crippen LogP contribution in [0.15, 0.2) is 30.6 Å². The summed E-state index contributed by atoms with van der Waals surface area (Å²) < 4.78 is 3.82. The van der Waals surface area contributed by atoms with Crippen LogP contribution in [0.2, 0.25) is 0 Å². The topological polar surface area (TPSA) is 64.1 Å². The SMILES string of the molecule is Cc1nnc2ccc(N3CCC(n4cccn4)C3)nn12. The smallest absolute Gasteiger partial charge is 0.178 e. The molecule has 0 bridgehead atoms. The summed E-state index contributed by atoms with van der Waals surface area (Å²) in [6.45, 7) is 3.83. The van der Waals surface area contributed by atoms with E-state index < -0.39 is 0 Å². The van der Waals surface area contributed by atoms with Crippen LogP contribution in [0.25, 0.3) is 5.65 Å². The summed E-state index contributed by atoms with van der Waals surface area (Å²) in [6.07, 6.45) is 4.94. The average molecular weight is 269 g/mol. The molecule has 0 radical (unpaired) electrons. The normalized spacial score (nSPS) is 19.1. The predicted octanol–water partition coefficient (Wildman–Crippen LogP) is 1.08. The van der Waals surface area contributed by atoms with Gasteiger partial charge in [-0.3, -0.25) is 4.68 Å². The fraction of sp³-hybridized carbons (Fsp3) is 0.385. The molecule has 0 aromatic carbocycles. The molecular weight excluding hydrogens is 254 g/mol. The quantitative estimate of drug-likeness (QED) is 0.696. The molecule has 0 saturated carbocycles. The van der Waals surface area contributed by atoms with E-state index in [1.807, 2.05) is 42.2 Å². The van der Waals surface area contributed by atoms with Crippen molar-refractivity contribution in [3.63, 3.8) is 0 Å². The van der Waals surface area contributed by atoms with Gasteiger partial charge in [-0.2, -0.15) is 9.61 Å². The zero-order valence-corrected chi connectivity index (χ0v) is 11.2. The lowest BCUT2D eigenvalue weighted by atomic mass is 10.3. The molecule has 4 heterocycles. The van der Waals surface area contributed by atoms with E-state index in [0.29, 0.717) is 6.04 Å². The molecule has 7 nitrogen and oxygen atoms in total. The van der Waals surface area contributed by atoms with E-state index in [2.05, 4.69) is 25.3 Å². The molecule has 0 spiro atoms. The number of aromatic nitrogens is 6. The lowest BCUT2D eigenvalue weighted by Crippen LogP contribution is -2.22. The molecule has 3 aromatic rings. The van der Waals surface area contributed by atoms with Crippen LogP contribution >= 0.6 is 0 Å². The van der Waals surface area contributed by atoms with Crippen LogP contribution < -0.4 is 4.90 Å². The monoisotopic (exact) mass is 269 g/mol. The molecule has 1 aliphatic heterocycles. The Morgan fingerprint density at radius 3 is 3.05 bits per heavy atom. The summed E-state index contributed by atoms with van der Waals surface area (Å²) in [5.41, 5.74) is 0.786. The van der Waals surface area contributed by atoms with Crippen LogP contribution in [-0.4, -0.2) is 42.7 Å². The molecule has 3 aromatic heterocycles. The Hall–Kier alpha value is -2.44. The van der Waals surface area contributed by atoms with Gasteiger partial charge in [0, 0.05) is 25.5 Å². The average Bonchev–Trinajstić information content (AvgIpc) is 3.18. The van der Waals surface area contributed by atoms with Crippen molar-refractivity contribution in [3.05, 3.63) is 36.4 Å². The van der Waals surface area contributed by atoms with Crippen LogP contribution in [0.4, 0.5) is 5.82 Å². The van der Waals surface area contributed by atoms with E-state index in [4.69, 9.17) is 0 Å². The molecule has 1 aliphatic rings. The lowest BCUT2D eigenvalue weighted by Gasteiger charge is -2.17. The number of nitrogens with zero attached hydrogens (tertiary/aromatic N) is 7. The largest absolute Gasteiger partial charge is 0.353 e. The van der Waals surface area contributed by atoms with Crippen molar-refractivity contribution < 1.29 is 0 Å². The first-order chi connectivity index (χ1) is 9.81. The Bertz CT molecular complexity index is 730. The Kier molecular flexibility index (Phi) is 2.45. The molecule has 1 unspecified atom stereocenters. The number of rotatable bonds is 2. The third-order valence-corrected chi connectivity index (χ3v) is 3.79. The minimum absolute atomic E-state index is 0.421. The van der Waals surface area contributed by atoms with Gasteiger partial charge in [-0.1, -0.05) is 0 Å². The van der Waals surface area contributed by atoms with Crippen molar-refractivity contribution in [2.75, 3.05) is 18.0 Å². The van der Waals surface area contributed by atoms with Gasteiger partial charge in [0.1, 0.15) is 5.82 Å². The molecule has 0 aliphatic carbocycles. The van der Waals surface area contributed by atoms with Gasteiger partial charge in [0.2, 0.25) is 0 Å². The highest BCUT2D eigenvalue weighted by Crippen LogP contribution is 2.25. The highest BCUT2D eigenvalue weighted by molar-refractivity contribution is 5.46. The first-order valence-electron chi connectivity index (χ1n) is 6.74. The summed E-state index contributed by atoms with van der Waals surface area (Å²) in [5.74, 6) is 1.78. The summed E-state index contributed by atoms with van der Waals surface area (Å²) in [4.78, 5) is 2.28. The molecule has 0 amide bonds. The third kappa shape index (κ3) is 1.74. The molecule has 7 heteroatoms. The minimum atomic E-state index is 0.421. The second-order valence-electron chi connectivity index (χ2n) is 5.08. The zero-order chi connectivity index (χ0) is 13.5. The van der Waals surface area contributed by atoms with Gasteiger partial charge in [-0.05, 0) is 31.5 Å². The fourth-order valence-corrected chi connectivity index (χ4v) is 2.72. The molecular formula is C13H15N7. The number of hydrogen-bond donors (Lipinski definition) is 0. The third-order valence-electron chi connectivity index (χ3n) is 3.79. The van der Waals surface area contributed by atoms with E-state index in [0.717, 1.165) is 36.8 Å². The van der Waals surface area contributed by atoms with Crippen LogP contribution in [-0.2, 0) is 0 Å². The van der Waals surface area contributed by atoms with Gasteiger partial charge in [0.05, 0.1) is 6.04 Å². The van der Waals surface area contributed by atoms with Crippen molar-refractivity contribution in [2.45, 2.75) is 19.4 Å². The summed E-state index contributed by atoms with van der Waals surface area (Å²) >= 11 is 0. The molecule has 0 N–H and O–H groups in total. The first kappa shape index (κ1) is 11.4. The maximum absolute atomic E-state index is 4.62. The van der Waals surface area contributed by atoms with Crippen molar-refractivity contribution in [2.24, 2.45) is 0 Å². The highest BCUT2D eigenvalue weighted by atomic mass is 15.4. The lowest BCUT2D eigenvalue weighted by molar-refractivity contribution is 0.494. The van der Waals surface area contributed by atoms with E-state index in [1.165, 1.54) is 0 Å². The number of fused-ring (bicyclic) bond motifs is 1. The predicted molar refractivity (Wildman–Crippen MR) is 73.6 cm³/mol. The first-order valence-corrected chi connectivity index (χ1v) is 6.74. The molecule has 1 saturated heterocycles. The van der Waals surface area contributed by atoms with Crippen molar-refractivity contribution in [1.82, 2.24) is 29.6 Å². The molecule has 1 atom stereocenters. The van der Waals surface area contributed by atoms with E-state index in [1.54, 1.807) is 4.52 Å². The van der Waals surface area contributed by atoms with Crippen LogP contribution in [0, 0.1) is 6.92 Å². The Morgan fingerprint density at radius 2 is 2.20 bits per heavy atom. The highest BCUT2D eigenvalue weighted by Gasteiger charge is 2.25. The second kappa shape index (κ2) is 4.29. The summed E-state index contributed by atoms with van der Waals surface area (Å²) in [7, 11) is 0. The van der Waals surface area contributed by atoms with Gasteiger partial charge in [0.15, 0.2) is 11.5 Å². The van der Waals surface area contributed by atoms with Gasteiger partial charge in [-0.15, -0.1) is 15.3 Å². The molecule has 1 fully saturated rings. The number of aryl methyl sites for hydroxylation is 1. The standard InChI is InChI=1S/C13H15N7/c1-10-15-16-12-3-4-13(17-20(10)12)18-8-5-11(9-18)19-7-2-6-14-19/h2-4,6-7,11H,5,8-9H2,1H3. The maximum Gasteiger partial charge on any atom is 0.178 e. The molecule has 4 rings (SSSR count). The Labute approximate surface area is 115 Å². The number of anilines is 1. The number of hydrogen-bond acceptors (Lipinski definition) is 5. The van der Waals surface area contributed by atoms with Crippen LogP contribution in [0.5, 0.6) is 0 Å². The summed E-state index contributed by atoms with van der Waals surface area (Å²) in [6, 6.07) is 6.36. The Balaban J connectivity index is 1.62.